The number of aromatic nitrogens is 2. The number of halogens is 3. The number of fused-ring (bicyclic) bond motifs is 1. The van der Waals surface area contributed by atoms with Crippen LogP contribution in [0.4, 0.5) is 0 Å². The molecule has 2 aromatic carbocycles. The summed E-state index contributed by atoms with van der Waals surface area (Å²) in [4.78, 5) is 25.1. The molecule has 28 heavy (non-hydrogen) atoms. The van der Waals surface area contributed by atoms with Gasteiger partial charge in [0.2, 0.25) is 5.88 Å². The molecule has 0 aliphatic carbocycles. The van der Waals surface area contributed by atoms with Gasteiger partial charge in [-0.05, 0) is 42.5 Å². The van der Waals surface area contributed by atoms with Crippen molar-refractivity contribution in [1.29, 1.82) is 0 Å². The van der Waals surface area contributed by atoms with Crippen LogP contribution in [0, 0.1) is 0 Å². The summed E-state index contributed by atoms with van der Waals surface area (Å²) in [6.07, 6.45) is -0.313. The number of carbonyl (C=O) groups is 1. The van der Waals surface area contributed by atoms with Crippen LogP contribution in [0.15, 0.2) is 51.7 Å². The van der Waals surface area contributed by atoms with Gasteiger partial charge in [0.15, 0.2) is 0 Å². The van der Waals surface area contributed by atoms with E-state index in [1.54, 1.807) is 24.3 Å². The lowest BCUT2D eigenvalue weighted by atomic mass is 10.2. The fraction of sp³-hybridized carbons (Fsp3) is 0.158. The summed E-state index contributed by atoms with van der Waals surface area (Å²) in [5.74, 6) is -0.699. The molecule has 0 saturated carbocycles. The van der Waals surface area contributed by atoms with Crippen LogP contribution in [0.2, 0.25) is 10.0 Å². The second kappa shape index (κ2) is 7.31. The number of hydrogen-bond donors (Lipinski definition) is 1. The molecule has 144 valence electrons. The van der Waals surface area contributed by atoms with Crippen molar-refractivity contribution in [2.45, 2.75) is 19.1 Å². The molecule has 0 amide bonds. The maximum atomic E-state index is 12.8. The van der Waals surface area contributed by atoms with E-state index in [1.807, 2.05) is 0 Å². The average Bonchev–Trinajstić information content (AvgIpc) is 3.14. The Bertz CT molecular complexity index is 1120. The zero-order valence-electron chi connectivity index (χ0n) is 14.2. The number of aromatic hydroxyl groups is 1. The number of ether oxygens (including phenoxy) is 1. The summed E-state index contributed by atoms with van der Waals surface area (Å²) in [5.41, 5.74) is 0.725. The van der Waals surface area contributed by atoms with Gasteiger partial charge in [-0.25, -0.2) is 14.2 Å². The predicted octanol–water partition coefficient (Wildman–Crippen LogP) is 4.20. The van der Waals surface area contributed by atoms with Gasteiger partial charge in [-0.2, -0.15) is 0 Å². The third kappa shape index (κ3) is 3.45. The molecular formula is C19H13BrCl2N2O4. The minimum absolute atomic E-state index is 0.158. The van der Waals surface area contributed by atoms with Crippen LogP contribution in [0.3, 0.4) is 0 Å². The van der Waals surface area contributed by atoms with Crippen LogP contribution in [-0.2, 0) is 17.7 Å². The van der Waals surface area contributed by atoms with Gasteiger partial charge in [0.25, 0.3) is 0 Å². The van der Waals surface area contributed by atoms with Crippen LogP contribution in [-0.4, -0.2) is 26.3 Å². The molecule has 3 aromatic rings. The molecule has 1 aromatic heterocycles. The smallest absolute Gasteiger partial charge is 0.338 e. The number of nitrogens with zero attached hydrogens (tertiary/aromatic N) is 2. The quantitative estimate of drug-likeness (QED) is 0.566. The number of imidazole rings is 1. The van der Waals surface area contributed by atoms with Crippen molar-refractivity contribution in [3.63, 3.8) is 0 Å². The monoisotopic (exact) mass is 482 g/mol. The lowest BCUT2D eigenvalue weighted by Gasteiger charge is -2.12. The van der Waals surface area contributed by atoms with Crippen molar-refractivity contribution < 1.29 is 14.6 Å². The summed E-state index contributed by atoms with van der Waals surface area (Å²) < 4.78 is 8.88. The molecule has 6 nitrogen and oxygen atoms in total. The lowest BCUT2D eigenvalue weighted by Crippen LogP contribution is -2.27. The SMILES string of the molecule is O=C(O[C@H]1Cc2c(O)n(-c3cc(Cl)cc(Cl)c3)c(=O)n2C1)c1ccc(Br)cc1. The first-order valence-electron chi connectivity index (χ1n) is 8.30. The summed E-state index contributed by atoms with van der Waals surface area (Å²) in [7, 11) is 0. The fourth-order valence-electron chi connectivity index (χ4n) is 3.24. The van der Waals surface area contributed by atoms with E-state index in [1.165, 1.54) is 22.8 Å². The number of benzene rings is 2. The minimum atomic E-state index is -0.539. The van der Waals surface area contributed by atoms with Crippen LogP contribution < -0.4 is 5.69 Å². The second-order valence-electron chi connectivity index (χ2n) is 6.36. The van der Waals surface area contributed by atoms with Crippen molar-refractivity contribution >= 4 is 45.1 Å². The Morgan fingerprint density at radius 1 is 1.14 bits per heavy atom. The van der Waals surface area contributed by atoms with Crippen LogP contribution in [0.5, 0.6) is 5.88 Å². The lowest BCUT2D eigenvalue weighted by molar-refractivity contribution is 0.0302. The van der Waals surface area contributed by atoms with E-state index in [0.717, 1.165) is 9.04 Å². The highest BCUT2D eigenvalue weighted by Gasteiger charge is 2.32. The Morgan fingerprint density at radius 3 is 2.39 bits per heavy atom. The Balaban J connectivity index is 1.58. The molecule has 1 aliphatic rings. The first-order valence-corrected chi connectivity index (χ1v) is 9.85. The van der Waals surface area contributed by atoms with Crippen LogP contribution in [0.1, 0.15) is 16.1 Å². The highest BCUT2D eigenvalue weighted by molar-refractivity contribution is 9.10. The summed E-state index contributed by atoms with van der Waals surface area (Å²) in [6, 6.07) is 11.4. The zero-order chi connectivity index (χ0) is 20.0. The molecule has 1 aliphatic heterocycles. The van der Waals surface area contributed by atoms with Gasteiger partial charge in [0, 0.05) is 20.9 Å². The van der Waals surface area contributed by atoms with E-state index in [4.69, 9.17) is 27.9 Å². The first kappa shape index (κ1) is 19.1. The van der Waals surface area contributed by atoms with Gasteiger partial charge in [-0.15, -0.1) is 0 Å². The van der Waals surface area contributed by atoms with Gasteiger partial charge < -0.3 is 9.84 Å². The fourth-order valence-corrected chi connectivity index (χ4v) is 4.01. The van der Waals surface area contributed by atoms with Gasteiger partial charge in [-0.1, -0.05) is 39.1 Å². The first-order chi connectivity index (χ1) is 13.3. The Labute approximate surface area is 178 Å². The molecule has 9 heteroatoms. The zero-order valence-corrected chi connectivity index (χ0v) is 17.3. The third-order valence-electron chi connectivity index (χ3n) is 4.48. The molecule has 1 N–H and O–H groups in total. The summed E-state index contributed by atoms with van der Waals surface area (Å²) in [6.45, 7) is 0.158. The molecule has 0 unspecified atom stereocenters. The van der Waals surface area contributed by atoms with Crippen molar-refractivity contribution in [3.8, 4) is 11.6 Å². The van der Waals surface area contributed by atoms with Gasteiger partial charge in [0.05, 0.1) is 23.5 Å². The maximum Gasteiger partial charge on any atom is 0.338 e. The Kier molecular flexibility index (Phi) is 4.99. The average molecular weight is 484 g/mol. The molecule has 0 spiro atoms. The molecule has 0 fully saturated rings. The number of rotatable bonds is 3. The minimum Gasteiger partial charge on any atom is -0.493 e. The highest BCUT2D eigenvalue weighted by Crippen LogP contribution is 2.30. The van der Waals surface area contributed by atoms with E-state index in [0.29, 0.717) is 27.0 Å². The van der Waals surface area contributed by atoms with Crippen molar-refractivity contribution in [2.24, 2.45) is 0 Å². The Morgan fingerprint density at radius 2 is 1.79 bits per heavy atom. The molecular weight excluding hydrogens is 471 g/mol. The van der Waals surface area contributed by atoms with E-state index in [9.17, 15) is 14.7 Å². The topological polar surface area (TPSA) is 73.5 Å². The molecule has 4 rings (SSSR count). The maximum absolute atomic E-state index is 12.8. The van der Waals surface area contributed by atoms with Crippen molar-refractivity contribution in [2.75, 3.05) is 0 Å². The third-order valence-corrected chi connectivity index (χ3v) is 5.45. The molecule has 2 heterocycles. The van der Waals surface area contributed by atoms with Crippen molar-refractivity contribution in [3.05, 3.63) is 78.7 Å². The number of esters is 1. The second-order valence-corrected chi connectivity index (χ2v) is 8.15. The van der Waals surface area contributed by atoms with Crippen molar-refractivity contribution in [1.82, 2.24) is 9.13 Å². The molecule has 1 atom stereocenters. The summed E-state index contributed by atoms with van der Waals surface area (Å²) in [5, 5.41) is 11.3. The van der Waals surface area contributed by atoms with E-state index >= 15 is 0 Å². The largest absolute Gasteiger partial charge is 0.493 e. The van der Waals surface area contributed by atoms with Crippen LogP contribution in [0.25, 0.3) is 5.69 Å². The molecule has 0 bridgehead atoms. The normalized spacial score (nSPS) is 15.5. The van der Waals surface area contributed by atoms with E-state index in [2.05, 4.69) is 15.9 Å². The molecule has 0 radical (unpaired) electrons. The Hall–Kier alpha value is -2.22. The predicted molar refractivity (Wildman–Crippen MR) is 109 cm³/mol. The number of hydrogen-bond acceptors (Lipinski definition) is 4. The van der Waals surface area contributed by atoms with E-state index < -0.39 is 17.8 Å². The van der Waals surface area contributed by atoms with Gasteiger partial charge in [-0.3, -0.25) is 4.57 Å². The highest BCUT2D eigenvalue weighted by atomic mass is 79.9. The van der Waals surface area contributed by atoms with Crippen LogP contribution >= 0.6 is 39.1 Å². The number of carbonyl (C=O) groups excluding carboxylic acids is 1. The molecule has 0 saturated heterocycles. The summed E-state index contributed by atoms with van der Waals surface area (Å²) >= 11 is 15.3. The van der Waals surface area contributed by atoms with Gasteiger partial charge in [0.1, 0.15) is 6.10 Å². The van der Waals surface area contributed by atoms with Gasteiger partial charge >= 0.3 is 11.7 Å². The van der Waals surface area contributed by atoms with E-state index in [-0.39, 0.29) is 18.8 Å². The standard InChI is InChI=1S/C19H13BrCl2N2O4/c20-11-3-1-10(2-4-11)18(26)28-15-8-16-17(25)24(19(27)23(16)9-15)14-6-12(21)5-13(22)7-14/h1-7,15,25H,8-9H2/t15-/m0/s1.